The van der Waals surface area contributed by atoms with Crippen LogP contribution in [0.4, 0.5) is 0 Å². The summed E-state index contributed by atoms with van der Waals surface area (Å²) in [5.41, 5.74) is 10.5. The zero-order chi connectivity index (χ0) is 37.4. The molecule has 0 N–H and O–H groups in total. The quantitative estimate of drug-likeness (QED) is 0.0747. The Morgan fingerprint density at radius 1 is 0.906 bits per heavy atom. The van der Waals surface area contributed by atoms with Gasteiger partial charge in [-0.3, -0.25) is 14.4 Å². The molecule has 53 heavy (non-hydrogen) atoms. The van der Waals surface area contributed by atoms with Gasteiger partial charge in [0.1, 0.15) is 12.5 Å². The van der Waals surface area contributed by atoms with Crippen LogP contribution >= 0.6 is 0 Å². The summed E-state index contributed by atoms with van der Waals surface area (Å²) in [4.78, 5) is 55.7. The Hall–Kier alpha value is -4.28. The third-order valence-corrected chi connectivity index (χ3v) is 11.1. The van der Waals surface area contributed by atoms with Gasteiger partial charge < -0.3 is 29.7 Å². The second-order valence-corrected chi connectivity index (χ2v) is 14.3. The van der Waals surface area contributed by atoms with Crippen LogP contribution in [0.3, 0.4) is 0 Å². The number of fused-ring (bicyclic) bond motifs is 7. The van der Waals surface area contributed by atoms with Crippen LogP contribution in [0, 0.1) is 45.4 Å². The summed E-state index contributed by atoms with van der Waals surface area (Å²) in [5, 5.41) is 6.72. The van der Waals surface area contributed by atoms with Gasteiger partial charge >= 0.3 is 35.0 Å². The van der Waals surface area contributed by atoms with Crippen LogP contribution in [0.1, 0.15) is 120 Å². The summed E-state index contributed by atoms with van der Waals surface area (Å²) >= 11 is 0. The number of ketones is 1. The molecule has 1 fully saturated rings. The molecule has 10 heteroatoms. The number of methoxy groups -OCH3 is 1. The van der Waals surface area contributed by atoms with Crippen molar-refractivity contribution in [2.24, 2.45) is 17.8 Å². The van der Waals surface area contributed by atoms with Crippen molar-refractivity contribution in [3.8, 4) is 0 Å². The Morgan fingerprint density at radius 2 is 1.58 bits per heavy atom. The molecule has 3 aromatic heterocycles. The van der Waals surface area contributed by atoms with Crippen LogP contribution in [0.15, 0.2) is 29.6 Å². The standard InChI is InChI=1S/C43H49N4O5.Mg/c1-10-12-13-14-22(3)17-18-52-36(48)16-15-29-26(7)33-20-32-25(6)28(11-2)35(45-32)21-31-24(5)23(4)30(44-31)19-34-27(8)37-41(47-34)38(40(29)46-33)39(42(37)49)43(50)51-9;/h11,17,19-21,26,29,39H,2,10,12-16,18H2,1,3-9H3,(H-,46,47,49);/q-3;+2/p-1/b22-17+,30-19-,31-21-,33-20-;/t26-,29-,39+;/m0./s1. The fourth-order valence-corrected chi connectivity index (χ4v) is 7.66. The summed E-state index contributed by atoms with van der Waals surface area (Å²) in [6, 6.07) is 0. The molecule has 3 aliphatic rings. The van der Waals surface area contributed by atoms with Crippen molar-refractivity contribution in [1.29, 1.82) is 0 Å². The summed E-state index contributed by atoms with van der Waals surface area (Å²) in [7, 11) is 1.28. The van der Waals surface area contributed by atoms with E-state index in [1.165, 1.54) is 19.1 Å². The maximum atomic E-state index is 14.2. The average Bonchev–Trinajstić information content (AvgIpc) is 3.85. The molecule has 0 spiro atoms. The molecule has 0 aromatic carbocycles. The Kier molecular flexibility index (Phi) is 12.3. The molecule has 9 nitrogen and oxygen atoms in total. The van der Waals surface area contributed by atoms with Gasteiger partial charge in [0.15, 0.2) is 5.78 Å². The SMILES string of the molecule is C=Cc1c2[n-]c(c1C)/C=C1\[N-]/C(=C3\c4[n-]c(c(C)c4C(=O)[C@@H]3C(=O)OC)/C=c3\[n-]/c(c(C)c3C)=C\2)[C@@H](CCC(=O)OC/C=C(\C)CCCCC)[C@@H]1C.[Mg+2]. The number of ether oxygens (including phenoxy) is 2. The molecular weight excluding hydrogens is 677 g/mol. The van der Waals surface area contributed by atoms with E-state index >= 15 is 0 Å². The first-order valence-corrected chi connectivity index (χ1v) is 18.3. The number of carbonyl (C=O) groups excluding carboxylic acids is 3. The largest absolute Gasteiger partial charge is 2.00 e. The molecule has 1 saturated heterocycles. The number of carbonyl (C=O) groups is 3. The Bertz CT molecular complexity index is 2190. The predicted molar refractivity (Wildman–Crippen MR) is 209 cm³/mol. The van der Waals surface area contributed by atoms with E-state index in [-0.39, 0.29) is 59.7 Å². The van der Waals surface area contributed by atoms with Crippen LogP contribution < -0.4 is 25.7 Å². The number of hydrogen-bond acceptors (Lipinski definition) is 5. The van der Waals surface area contributed by atoms with Crippen LogP contribution in [-0.4, -0.2) is 54.5 Å². The van der Waals surface area contributed by atoms with Gasteiger partial charge in [-0.2, -0.15) is 11.4 Å². The van der Waals surface area contributed by atoms with Crippen molar-refractivity contribution in [2.45, 2.75) is 87.0 Å². The second kappa shape index (κ2) is 16.4. The van der Waals surface area contributed by atoms with E-state index in [1.54, 1.807) is 0 Å². The number of hydrogen-bond donors (Lipinski definition) is 0. The topological polar surface area (TPSA) is 126 Å². The van der Waals surface area contributed by atoms with Crippen LogP contribution in [0.2, 0.25) is 0 Å². The molecule has 8 bridgehead atoms. The van der Waals surface area contributed by atoms with E-state index in [2.05, 4.69) is 27.4 Å². The minimum atomic E-state index is -1.21. The first kappa shape index (κ1) is 39.9. The zero-order valence-corrected chi connectivity index (χ0v) is 33.7. The van der Waals surface area contributed by atoms with Gasteiger partial charge in [0.2, 0.25) is 0 Å². The molecule has 2 aliphatic heterocycles. The van der Waals surface area contributed by atoms with Gasteiger partial charge in [0.25, 0.3) is 0 Å². The Balaban J connectivity index is 0.00000541. The zero-order valence-electron chi connectivity index (χ0n) is 32.3. The van der Waals surface area contributed by atoms with Crippen LogP contribution in [-0.2, 0) is 19.1 Å². The van der Waals surface area contributed by atoms with Gasteiger partial charge in [0.05, 0.1) is 7.11 Å². The number of esters is 2. The molecule has 0 amide bonds. The van der Waals surface area contributed by atoms with Crippen molar-refractivity contribution in [2.75, 3.05) is 13.7 Å². The third-order valence-electron chi connectivity index (χ3n) is 11.1. The fourth-order valence-electron chi connectivity index (χ4n) is 7.66. The van der Waals surface area contributed by atoms with Crippen molar-refractivity contribution < 1.29 is 23.9 Å². The molecule has 3 aromatic rings. The number of nitrogens with zero attached hydrogens (tertiary/aromatic N) is 4. The molecule has 1 aliphatic carbocycles. The molecule has 5 heterocycles. The van der Waals surface area contributed by atoms with Crippen molar-refractivity contribution >= 4 is 70.7 Å². The van der Waals surface area contributed by atoms with E-state index in [4.69, 9.17) is 29.7 Å². The van der Waals surface area contributed by atoms with E-state index in [1.807, 2.05) is 58.1 Å². The smallest absolute Gasteiger partial charge is 0.664 e. The number of rotatable bonds is 11. The summed E-state index contributed by atoms with van der Waals surface area (Å²) in [6.45, 7) is 18.5. The normalized spacial score (nSPS) is 22.5. The fraction of sp³-hybridized carbons (Fsp3) is 0.419. The molecule has 0 saturated carbocycles. The number of Topliss-reactive ketones (excluding diaryl/α,β-unsaturated/α-hetero) is 1. The molecule has 0 radical (unpaired) electrons. The Labute approximate surface area is 328 Å². The maximum absolute atomic E-state index is 14.2. The van der Waals surface area contributed by atoms with Gasteiger partial charge in [0, 0.05) is 12.0 Å². The minimum absolute atomic E-state index is 0. The number of unbranched alkanes of at least 4 members (excludes halogenated alkanes) is 2. The van der Waals surface area contributed by atoms with Gasteiger partial charge in [-0.05, 0) is 77.4 Å². The summed E-state index contributed by atoms with van der Waals surface area (Å²) in [5.74, 6) is -3.04. The van der Waals surface area contributed by atoms with Crippen molar-refractivity contribution in [3.05, 3.63) is 102 Å². The van der Waals surface area contributed by atoms with Gasteiger partial charge in [-0.1, -0.05) is 91.0 Å². The molecule has 0 unspecified atom stereocenters. The molecule has 3 atom stereocenters. The van der Waals surface area contributed by atoms with Gasteiger partial charge in [-0.15, -0.1) is 33.5 Å². The van der Waals surface area contributed by atoms with Crippen LogP contribution in [0.5, 0.6) is 0 Å². The van der Waals surface area contributed by atoms with E-state index in [0.29, 0.717) is 40.2 Å². The third kappa shape index (κ3) is 7.45. The monoisotopic (exact) mass is 724 g/mol. The number of aromatic nitrogens is 3. The summed E-state index contributed by atoms with van der Waals surface area (Å²) in [6.07, 6.45) is 14.6. The van der Waals surface area contributed by atoms with Crippen molar-refractivity contribution in [1.82, 2.24) is 15.0 Å². The van der Waals surface area contributed by atoms with Crippen LogP contribution in [0.25, 0.3) is 35.2 Å². The van der Waals surface area contributed by atoms with E-state index in [9.17, 15) is 14.4 Å². The maximum Gasteiger partial charge on any atom is 2.00 e. The minimum Gasteiger partial charge on any atom is -0.664 e. The van der Waals surface area contributed by atoms with Crippen molar-refractivity contribution in [3.63, 3.8) is 0 Å². The molecular formula is C43H48MgN4O5-2. The Morgan fingerprint density at radius 3 is 2.25 bits per heavy atom. The second-order valence-electron chi connectivity index (χ2n) is 14.3. The average molecular weight is 725 g/mol. The van der Waals surface area contributed by atoms with E-state index < -0.39 is 11.9 Å². The van der Waals surface area contributed by atoms with E-state index in [0.717, 1.165) is 69.3 Å². The first-order chi connectivity index (χ1) is 24.9. The molecule has 6 rings (SSSR count). The van der Waals surface area contributed by atoms with Gasteiger partial charge in [-0.25, -0.2) is 0 Å². The summed E-state index contributed by atoms with van der Waals surface area (Å²) < 4.78 is 10.8. The number of allylic oxidation sites excluding steroid dienone is 3. The molecule has 274 valence electrons. The first-order valence-electron chi connectivity index (χ1n) is 18.3. The predicted octanol–water partition coefficient (Wildman–Crippen LogP) is 6.25.